The Hall–Kier alpha value is -3.65. The molecule has 1 atom stereocenters. The number of benzene rings is 2. The molecule has 2 aromatic heterocycles. The number of aromatic nitrogens is 4. The highest BCUT2D eigenvalue weighted by atomic mass is 16.5. The number of para-hydroxylation sites is 1. The molecule has 4 aromatic rings. The second-order valence-electron chi connectivity index (χ2n) is 7.62. The first-order valence-corrected chi connectivity index (χ1v) is 11.0. The molecule has 0 amide bonds. The van der Waals surface area contributed by atoms with Crippen LogP contribution < -0.4 is 15.4 Å². The quantitative estimate of drug-likeness (QED) is 0.424. The predicted octanol–water partition coefficient (Wildman–Crippen LogP) is 4.55. The highest BCUT2D eigenvalue weighted by molar-refractivity contribution is 5.90. The monoisotopic (exact) mass is 430 g/mol. The smallest absolute Gasteiger partial charge is 0.226 e. The molecule has 0 aliphatic carbocycles. The molecule has 5 rings (SSSR count). The van der Waals surface area contributed by atoms with Crippen LogP contribution in [0.4, 0.5) is 17.5 Å². The maximum atomic E-state index is 5.73. The van der Waals surface area contributed by atoms with Gasteiger partial charge in [0, 0.05) is 18.8 Å². The molecule has 1 fully saturated rings. The van der Waals surface area contributed by atoms with E-state index in [4.69, 9.17) is 19.4 Å². The van der Waals surface area contributed by atoms with Crippen molar-refractivity contribution in [3.05, 3.63) is 60.8 Å². The zero-order valence-corrected chi connectivity index (χ0v) is 18.0. The maximum absolute atomic E-state index is 5.73. The summed E-state index contributed by atoms with van der Waals surface area (Å²) in [5.74, 6) is 2.07. The first-order valence-electron chi connectivity index (χ1n) is 11.0. The summed E-state index contributed by atoms with van der Waals surface area (Å²) in [6.45, 7) is 4.10. The zero-order valence-electron chi connectivity index (χ0n) is 18.0. The fourth-order valence-corrected chi connectivity index (χ4v) is 3.79. The second kappa shape index (κ2) is 9.23. The van der Waals surface area contributed by atoms with Crippen molar-refractivity contribution in [2.24, 2.45) is 0 Å². The normalized spacial score (nSPS) is 15.7. The van der Waals surface area contributed by atoms with Gasteiger partial charge in [0.05, 0.1) is 30.0 Å². The average Bonchev–Trinajstić information content (AvgIpc) is 3.50. The van der Waals surface area contributed by atoms with Crippen LogP contribution in [0.1, 0.15) is 19.8 Å². The zero-order chi connectivity index (χ0) is 21.8. The lowest BCUT2D eigenvalue weighted by Gasteiger charge is -2.13. The van der Waals surface area contributed by atoms with Crippen LogP contribution in [-0.2, 0) is 4.74 Å². The maximum Gasteiger partial charge on any atom is 0.226 e. The van der Waals surface area contributed by atoms with Gasteiger partial charge in [0.25, 0.3) is 0 Å². The predicted molar refractivity (Wildman–Crippen MR) is 125 cm³/mol. The minimum absolute atomic E-state index is 0.191. The third kappa shape index (κ3) is 4.36. The van der Waals surface area contributed by atoms with Gasteiger partial charge in [0.1, 0.15) is 11.6 Å². The molecule has 2 aromatic carbocycles. The van der Waals surface area contributed by atoms with Gasteiger partial charge in [-0.3, -0.25) is 0 Å². The number of anilines is 3. The van der Waals surface area contributed by atoms with E-state index in [9.17, 15) is 0 Å². The van der Waals surface area contributed by atoms with Crippen molar-refractivity contribution in [1.82, 2.24) is 19.7 Å². The van der Waals surface area contributed by atoms with E-state index in [1.54, 1.807) is 6.20 Å². The van der Waals surface area contributed by atoms with E-state index in [1.165, 1.54) is 0 Å². The summed E-state index contributed by atoms with van der Waals surface area (Å²) in [5, 5.41) is 12.2. The molecule has 0 bridgehead atoms. The summed E-state index contributed by atoms with van der Waals surface area (Å²) in [6.07, 6.45) is 4.13. The van der Waals surface area contributed by atoms with Crippen LogP contribution in [0.25, 0.3) is 16.7 Å². The van der Waals surface area contributed by atoms with Crippen LogP contribution in [0.5, 0.6) is 5.75 Å². The SMILES string of the molecule is CCOc1ccc(Nc2nc(NC[C@H]3CCCO3)nc3c2cnn3-c2ccccc2)cc1. The minimum atomic E-state index is 0.191. The van der Waals surface area contributed by atoms with Crippen molar-refractivity contribution < 1.29 is 9.47 Å². The van der Waals surface area contributed by atoms with Crippen LogP contribution in [0.3, 0.4) is 0 Å². The minimum Gasteiger partial charge on any atom is -0.494 e. The van der Waals surface area contributed by atoms with Crippen LogP contribution in [-0.4, -0.2) is 45.6 Å². The van der Waals surface area contributed by atoms with E-state index in [1.807, 2.05) is 66.2 Å². The number of nitrogens with one attached hydrogen (secondary N) is 2. The van der Waals surface area contributed by atoms with Crippen LogP contribution in [0.15, 0.2) is 60.8 Å². The topological polar surface area (TPSA) is 86.1 Å². The van der Waals surface area contributed by atoms with E-state index < -0.39 is 0 Å². The van der Waals surface area contributed by atoms with Crippen molar-refractivity contribution >= 4 is 28.5 Å². The van der Waals surface area contributed by atoms with Gasteiger partial charge in [0.2, 0.25) is 5.95 Å². The number of fused-ring (bicyclic) bond motifs is 1. The molecule has 8 heteroatoms. The second-order valence-corrected chi connectivity index (χ2v) is 7.62. The molecule has 164 valence electrons. The third-order valence-electron chi connectivity index (χ3n) is 5.37. The van der Waals surface area contributed by atoms with Crippen molar-refractivity contribution in [2.45, 2.75) is 25.9 Å². The lowest BCUT2D eigenvalue weighted by atomic mass is 10.2. The standard InChI is InChI=1S/C24H26N6O2/c1-2-31-19-12-10-17(11-13-19)27-22-21-16-26-30(18-7-4-3-5-8-18)23(21)29-24(28-22)25-15-20-9-6-14-32-20/h3-5,7-8,10-13,16,20H,2,6,9,14-15H2,1H3,(H2,25,27,28,29)/t20-/m1/s1. The lowest BCUT2D eigenvalue weighted by Crippen LogP contribution is -2.20. The first-order chi connectivity index (χ1) is 15.8. The highest BCUT2D eigenvalue weighted by Gasteiger charge is 2.18. The van der Waals surface area contributed by atoms with Crippen LogP contribution in [0, 0.1) is 0 Å². The summed E-state index contributed by atoms with van der Waals surface area (Å²) < 4.78 is 13.1. The Morgan fingerprint density at radius 3 is 2.69 bits per heavy atom. The fourth-order valence-electron chi connectivity index (χ4n) is 3.79. The van der Waals surface area contributed by atoms with Gasteiger partial charge in [-0.2, -0.15) is 15.1 Å². The van der Waals surface area contributed by atoms with E-state index in [0.717, 1.165) is 47.6 Å². The third-order valence-corrected chi connectivity index (χ3v) is 5.37. The molecule has 0 radical (unpaired) electrons. The first kappa shape index (κ1) is 20.3. The average molecular weight is 431 g/mol. The summed E-state index contributed by atoms with van der Waals surface area (Å²) in [4.78, 5) is 9.53. The Kier molecular flexibility index (Phi) is 5.85. The summed E-state index contributed by atoms with van der Waals surface area (Å²) in [5.41, 5.74) is 2.58. The van der Waals surface area contributed by atoms with E-state index in [-0.39, 0.29) is 6.10 Å². The Balaban J connectivity index is 1.50. The van der Waals surface area contributed by atoms with E-state index in [0.29, 0.717) is 24.9 Å². The van der Waals surface area contributed by atoms with Crippen molar-refractivity contribution in [2.75, 3.05) is 30.4 Å². The number of hydrogen-bond donors (Lipinski definition) is 2. The van der Waals surface area contributed by atoms with Crippen molar-refractivity contribution in [1.29, 1.82) is 0 Å². The van der Waals surface area contributed by atoms with Crippen molar-refractivity contribution in [3.8, 4) is 11.4 Å². The summed E-state index contributed by atoms with van der Waals surface area (Å²) in [6, 6.07) is 17.8. The van der Waals surface area contributed by atoms with Gasteiger partial charge in [-0.15, -0.1) is 0 Å². The lowest BCUT2D eigenvalue weighted by molar-refractivity contribution is 0.120. The molecular weight excluding hydrogens is 404 g/mol. The van der Waals surface area contributed by atoms with Gasteiger partial charge in [-0.05, 0) is 56.2 Å². The summed E-state index contributed by atoms with van der Waals surface area (Å²) >= 11 is 0. The largest absolute Gasteiger partial charge is 0.494 e. The molecule has 0 saturated carbocycles. The molecular formula is C24H26N6O2. The van der Waals surface area contributed by atoms with Crippen molar-refractivity contribution in [3.63, 3.8) is 0 Å². The molecule has 1 aliphatic heterocycles. The molecule has 1 aliphatic rings. The molecule has 32 heavy (non-hydrogen) atoms. The van der Waals surface area contributed by atoms with Gasteiger partial charge < -0.3 is 20.1 Å². The fraction of sp³-hybridized carbons (Fsp3) is 0.292. The number of nitrogens with zero attached hydrogens (tertiary/aromatic N) is 4. The molecule has 1 saturated heterocycles. The number of ether oxygens (including phenoxy) is 2. The van der Waals surface area contributed by atoms with E-state index in [2.05, 4.69) is 15.7 Å². The molecule has 0 unspecified atom stereocenters. The molecule has 3 heterocycles. The number of hydrogen-bond acceptors (Lipinski definition) is 7. The summed E-state index contributed by atoms with van der Waals surface area (Å²) in [7, 11) is 0. The Morgan fingerprint density at radius 2 is 1.94 bits per heavy atom. The molecule has 8 nitrogen and oxygen atoms in total. The number of rotatable bonds is 8. The molecule has 0 spiro atoms. The van der Waals surface area contributed by atoms with Crippen LogP contribution in [0.2, 0.25) is 0 Å². The Labute approximate surface area is 186 Å². The van der Waals surface area contributed by atoms with Crippen LogP contribution >= 0.6 is 0 Å². The highest BCUT2D eigenvalue weighted by Crippen LogP contribution is 2.28. The van der Waals surface area contributed by atoms with E-state index >= 15 is 0 Å². The Morgan fingerprint density at radius 1 is 1.09 bits per heavy atom. The Bertz CT molecular complexity index is 1170. The van der Waals surface area contributed by atoms with Gasteiger partial charge in [-0.25, -0.2) is 4.68 Å². The van der Waals surface area contributed by atoms with Gasteiger partial charge >= 0.3 is 0 Å². The molecule has 2 N–H and O–H groups in total. The van der Waals surface area contributed by atoms with Gasteiger partial charge in [0.15, 0.2) is 5.65 Å². The van der Waals surface area contributed by atoms with Gasteiger partial charge in [-0.1, -0.05) is 18.2 Å².